The van der Waals surface area contributed by atoms with E-state index in [1.165, 1.54) is 10.9 Å². The van der Waals surface area contributed by atoms with E-state index in [4.69, 9.17) is 9.47 Å². The highest BCUT2D eigenvalue weighted by Gasteiger charge is 2.21. The number of aromatic nitrogens is 2. The average molecular weight is 407 g/mol. The lowest BCUT2D eigenvalue weighted by Gasteiger charge is -2.24. The van der Waals surface area contributed by atoms with Gasteiger partial charge in [-0.15, -0.1) is 0 Å². The van der Waals surface area contributed by atoms with Gasteiger partial charge >= 0.3 is 0 Å². The molecule has 1 amide bonds. The predicted molar refractivity (Wildman–Crippen MR) is 114 cm³/mol. The summed E-state index contributed by atoms with van der Waals surface area (Å²) in [6.45, 7) is 5.22. The minimum Gasteiger partial charge on any atom is -0.490 e. The number of amides is 1. The van der Waals surface area contributed by atoms with Crippen LogP contribution in [0.5, 0.6) is 11.5 Å². The van der Waals surface area contributed by atoms with E-state index in [0.29, 0.717) is 29.9 Å². The van der Waals surface area contributed by atoms with Crippen molar-refractivity contribution in [3.05, 3.63) is 64.7 Å². The molecule has 1 N–H and O–H groups in total. The zero-order chi connectivity index (χ0) is 21.1. The zero-order valence-electron chi connectivity index (χ0n) is 17.1. The molecule has 4 rings (SSSR count). The Morgan fingerprint density at radius 2 is 1.90 bits per heavy atom. The first-order valence-electron chi connectivity index (χ1n) is 10.2. The van der Waals surface area contributed by atoms with Crippen molar-refractivity contribution < 1.29 is 14.3 Å². The Labute approximate surface area is 174 Å². The van der Waals surface area contributed by atoms with Gasteiger partial charge in [-0.2, -0.15) is 0 Å². The number of hydrogen-bond acceptors (Lipinski definition) is 5. The Bertz CT molecular complexity index is 1120. The van der Waals surface area contributed by atoms with E-state index in [1.807, 2.05) is 38.1 Å². The van der Waals surface area contributed by atoms with Crippen molar-refractivity contribution in [3.63, 3.8) is 0 Å². The molecule has 1 aromatic heterocycles. The molecule has 0 aliphatic carbocycles. The lowest BCUT2D eigenvalue weighted by atomic mass is 9.95. The van der Waals surface area contributed by atoms with Gasteiger partial charge in [0.15, 0.2) is 11.5 Å². The van der Waals surface area contributed by atoms with Gasteiger partial charge in [0.25, 0.3) is 5.56 Å². The van der Waals surface area contributed by atoms with Crippen LogP contribution < -0.4 is 20.3 Å². The number of rotatable bonds is 5. The minimum absolute atomic E-state index is 0.0928. The Hall–Kier alpha value is -3.35. The molecule has 0 saturated heterocycles. The molecule has 1 aliphatic heterocycles. The van der Waals surface area contributed by atoms with Crippen LogP contribution in [0.1, 0.15) is 31.9 Å². The summed E-state index contributed by atoms with van der Waals surface area (Å²) in [6, 6.07) is 12.6. The highest BCUT2D eigenvalue weighted by atomic mass is 16.5. The fraction of sp³-hybridized carbons (Fsp3) is 0.348. The van der Waals surface area contributed by atoms with Gasteiger partial charge in [0.2, 0.25) is 5.91 Å². The van der Waals surface area contributed by atoms with Crippen LogP contribution in [0.25, 0.3) is 10.9 Å². The molecular formula is C23H25N3O4. The van der Waals surface area contributed by atoms with E-state index in [-0.39, 0.29) is 30.0 Å². The molecule has 0 bridgehead atoms. The summed E-state index contributed by atoms with van der Waals surface area (Å²) >= 11 is 0. The summed E-state index contributed by atoms with van der Waals surface area (Å²) in [5.41, 5.74) is 1.32. The third-order valence-electron chi connectivity index (χ3n) is 5.16. The SMILES string of the molecule is CC(C)C(NC(=O)Cn1cnc2ccccc2c1=O)c1ccc2c(c1)OCCCO2. The fourth-order valence-electron chi connectivity index (χ4n) is 3.60. The second kappa shape index (κ2) is 8.57. The number of carbonyl (C=O) groups is 1. The molecule has 0 radical (unpaired) electrons. The van der Waals surface area contributed by atoms with Crippen LogP contribution in [0.2, 0.25) is 0 Å². The van der Waals surface area contributed by atoms with E-state index >= 15 is 0 Å². The molecule has 0 saturated carbocycles. The van der Waals surface area contributed by atoms with Gasteiger partial charge in [-0.3, -0.25) is 14.2 Å². The third-order valence-corrected chi connectivity index (χ3v) is 5.16. The van der Waals surface area contributed by atoms with E-state index < -0.39 is 0 Å². The number of fused-ring (bicyclic) bond motifs is 2. The molecule has 30 heavy (non-hydrogen) atoms. The monoisotopic (exact) mass is 407 g/mol. The Kier molecular flexibility index (Phi) is 5.70. The second-order valence-corrected chi connectivity index (χ2v) is 7.74. The fourth-order valence-corrected chi connectivity index (χ4v) is 3.60. The van der Waals surface area contributed by atoms with Crippen LogP contribution in [-0.2, 0) is 11.3 Å². The Balaban J connectivity index is 1.54. The van der Waals surface area contributed by atoms with Gasteiger partial charge in [0.05, 0.1) is 36.5 Å². The first-order valence-corrected chi connectivity index (χ1v) is 10.2. The van der Waals surface area contributed by atoms with Crippen molar-refractivity contribution >= 4 is 16.8 Å². The van der Waals surface area contributed by atoms with Crippen molar-refractivity contribution in [2.75, 3.05) is 13.2 Å². The number of nitrogens with one attached hydrogen (secondary N) is 1. The molecule has 3 aromatic rings. The summed E-state index contributed by atoms with van der Waals surface area (Å²) < 4.78 is 12.8. The molecule has 7 nitrogen and oxygen atoms in total. The molecule has 0 fully saturated rings. The predicted octanol–water partition coefficient (Wildman–Crippen LogP) is 3.07. The number of carbonyl (C=O) groups excluding carboxylic acids is 1. The molecule has 7 heteroatoms. The summed E-state index contributed by atoms with van der Waals surface area (Å²) in [6.07, 6.45) is 2.26. The van der Waals surface area contributed by atoms with Gasteiger partial charge in [-0.1, -0.05) is 32.0 Å². The zero-order valence-corrected chi connectivity index (χ0v) is 17.1. The smallest absolute Gasteiger partial charge is 0.261 e. The summed E-state index contributed by atoms with van der Waals surface area (Å²) in [5, 5.41) is 3.55. The maximum atomic E-state index is 12.8. The van der Waals surface area contributed by atoms with Gasteiger partial charge in [0, 0.05) is 6.42 Å². The largest absolute Gasteiger partial charge is 0.490 e. The molecule has 1 aliphatic rings. The molecule has 156 valence electrons. The number of hydrogen-bond donors (Lipinski definition) is 1. The number of benzene rings is 2. The molecule has 2 heterocycles. The molecule has 1 atom stereocenters. The normalized spacial score (nSPS) is 14.4. The van der Waals surface area contributed by atoms with Crippen molar-refractivity contribution in [1.29, 1.82) is 0 Å². The minimum atomic E-state index is -0.250. The lowest BCUT2D eigenvalue weighted by molar-refractivity contribution is -0.122. The van der Waals surface area contributed by atoms with Gasteiger partial charge in [-0.25, -0.2) is 4.98 Å². The summed E-state index contributed by atoms with van der Waals surface area (Å²) in [5.74, 6) is 1.31. The second-order valence-electron chi connectivity index (χ2n) is 7.74. The quantitative estimate of drug-likeness (QED) is 0.703. The standard InChI is InChI=1S/C23H25N3O4/c1-15(2)22(16-8-9-19-20(12-16)30-11-5-10-29-19)25-21(27)13-26-14-24-18-7-4-3-6-17(18)23(26)28/h3-4,6-9,12,14-15,22H,5,10-11,13H2,1-2H3,(H,25,27). The number of para-hydroxylation sites is 1. The highest BCUT2D eigenvalue weighted by molar-refractivity contribution is 5.79. The van der Waals surface area contributed by atoms with E-state index in [0.717, 1.165) is 17.7 Å². The molecule has 2 aromatic carbocycles. The average Bonchev–Trinajstić information content (AvgIpc) is 2.99. The highest BCUT2D eigenvalue weighted by Crippen LogP contribution is 2.34. The number of nitrogens with zero attached hydrogens (tertiary/aromatic N) is 2. The topological polar surface area (TPSA) is 82.5 Å². The lowest BCUT2D eigenvalue weighted by Crippen LogP contribution is -2.36. The third kappa shape index (κ3) is 4.15. The van der Waals surface area contributed by atoms with Crippen molar-refractivity contribution in [3.8, 4) is 11.5 Å². The van der Waals surface area contributed by atoms with Gasteiger partial charge in [-0.05, 0) is 35.7 Å². The summed E-state index contributed by atoms with van der Waals surface area (Å²) in [4.78, 5) is 29.7. The Morgan fingerprint density at radius 3 is 2.70 bits per heavy atom. The van der Waals surface area contributed by atoms with Crippen LogP contribution >= 0.6 is 0 Å². The Morgan fingerprint density at radius 1 is 1.13 bits per heavy atom. The molecule has 0 spiro atoms. The maximum Gasteiger partial charge on any atom is 0.261 e. The first-order chi connectivity index (χ1) is 14.5. The number of ether oxygens (including phenoxy) is 2. The molecular weight excluding hydrogens is 382 g/mol. The maximum absolute atomic E-state index is 12.8. The molecule has 1 unspecified atom stereocenters. The van der Waals surface area contributed by atoms with Gasteiger partial charge < -0.3 is 14.8 Å². The van der Waals surface area contributed by atoms with Crippen molar-refractivity contribution in [2.24, 2.45) is 5.92 Å². The van der Waals surface area contributed by atoms with Crippen LogP contribution in [0.4, 0.5) is 0 Å². The summed E-state index contributed by atoms with van der Waals surface area (Å²) in [7, 11) is 0. The van der Waals surface area contributed by atoms with Crippen molar-refractivity contribution in [1.82, 2.24) is 14.9 Å². The van der Waals surface area contributed by atoms with Crippen LogP contribution in [0.3, 0.4) is 0 Å². The van der Waals surface area contributed by atoms with Crippen LogP contribution in [0, 0.1) is 5.92 Å². The van der Waals surface area contributed by atoms with Crippen LogP contribution in [-0.4, -0.2) is 28.7 Å². The van der Waals surface area contributed by atoms with E-state index in [1.54, 1.807) is 18.2 Å². The van der Waals surface area contributed by atoms with Crippen LogP contribution in [0.15, 0.2) is 53.6 Å². The first kappa shape index (κ1) is 19.9. The van der Waals surface area contributed by atoms with Crippen molar-refractivity contribution in [2.45, 2.75) is 32.9 Å². The van der Waals surface area contributed by atoms with E-state index in [2.05, 4.69) is 10.3 Å². The van der Waals surface area contributed by atoms with Gasteiger partial charge in [0.1, 0.15) is 6.54 Å². The van der Waals surface area contributed by atoms with E-state index in [9.17, 15) is 9.59 Å².